The fourth-order valence-corrected chi connectivity index (χ4v) is 2.88. The lowest BCUT2D eigenvalue weighted by Crippen LogP contribution is -2.19. The molecule has 1 aliphatic carbocycles. The fourth-order valence-electron chi connectivity index (χ4n) is 2.88. The zero-order valence-corrected chi connectivity index (χ0v) is 13.4. The Kier molecular flexibility index (Phi) is 4.33. The lowest BCUT2D eigenvalue weighted by molar-refractivity contribution is -0.150. The van der Waals surface area contributed by atoms with E-state index >= 15 is 0 Å². The normalized spacial score (nSPS) is 17.4. The fraction of sp³-hybridized carbons (Fsp3) is 0.368. The molecule has 0 spiro atoms. The average Bonchev–Trinajstić information content (AvgIpc) is 2.55. The third-order valence-electron chi connectivity index (χ3n) is 4.42. The number of fused-ring (bicyclic) bond motifs is 1. The van der Waals surface area contributed by atoms with Crippen molar-refractivity contribution in [2.75, 3.05) is 0 Å². The lowest BCUT2D eigenvalue weighted by atomic mass is 9.95. The molecule has 4 nitrogen and oxygen atoms in total. The van der Waals surface area contributed by atoms with E-state index in [0.29, 0.717) is 11.1 Å². The van der Waals surface area contributed by atoms with Crippen LogP contribution in [0.2, 0.25) is 0 Å². The van der Waals surface area contributed by atoms with Crippen LogP contribution in [0.4, 0.5) is 0 Å². The molecule has 0 bridgehead atoms. The van der Waals surface area contributed by atoms with Gasteiger partial charge in [-0.3, -0.25) is 4.79 Å². The van der Waals surface area contributed by atoms with Crippen molar-refractivity contribution in [2.45, 2.75) is 39.7 Å². The van der Waals surface area contributed by atoms with Crippen molar-refractivity contribution in [3.63, 3.8) is 0 Å². The molecule has 23 heavy (non-hydrogen) atoms. The topological polar surface area (TPSA) is 56.5 Å². The summed E-state index contributed by atoms with van der Waals surface area (Å²) >= 11 is 0. The van der Waals surface area contributed by atoms with E-state index in [9.17, 15) is 9.59 Å². The van der Waals surface area contributed by atoms with Crippen molar-refractivity contribution in [3.05, 3.63) is 57.5 Å². The largest absolute Gasteiger partial charge is 0.461 e. The van der Waals surface area contributed by atoms with Crippen molar-refractivity contribution < 1.29 is 13.9 Å². The molecule has 3 rings (SSSR count). The summed E-state index contributed by atoms with van der Waals surface area (Å²) in [5.74, 6) is -0.269. The van der Waals surface area contributed by atoms with Crippen LogP contribution in [0.25, 0.3) is 11.0 Å². The SMILES string of the molecule is Cc1cc2oc(=O)cc(COC(=O)C3CC=CCC3)c2cc1C. The smallest absolute Gasteiger partial charge is 0.336 e. The summed E-state index contributed by atoms with van der Waals surface area (Å²) in [4.78, 5) is 23.9. The van der Waals surface area contributed by atoms with Gasteiger partial charge in [-0.15, -0.1) is 0 Å². The molecule has 0 saturated carbocycles. The van der Waals surface area contributed by atoms with Crippen LogP contribution in [0.15, 0.2) is 39.6 Å². The number of benzene rings is 1. The highest BCUT2D eigenvalue weighted by Gasteiger charge is 2.20. The molecule has 1 aromatic carbocycles. The molecule has 1 aliphatic rings. The van der Waals surface area contributed by atoms with E-state index < -0.39 is 5.63 Å². The summed E-state index contributed by atoms with van der Waals surface area (Å²) in [5.41, 5.74) is 2.97. The predicted octanol–water partition coefficient (Wildman–Crippen LogP) is 3.81. The second-order valence-corrected chi connectivity index (χ2v) is 6.11. The van der Waals surface area contributed by atoms with Crippen LogP contribution in [0.3, 0.4) is 0 Å². The van der Waals surface area contributed by atoms with Crippen LogP contribution in [-0.4, -0.2) is 5.97 Å². The first-order valence-corrected chi connectivity index (χ1v) is 7.90. The highest BCUT2D eigenvalue weighted by atomic mass is 16.5. The van der Waals surface area contributed by atoms with E-state index in [1.807, 2.05) is 32.1 Å². The number of aryl methyl sites for hydroxylation is 2. The molecule has 1 atom stereocenters. The highest BCUT2D eigenvalue weighted by Crippen LogP contribution is 2.24. The Morgan fingerprint density at radius 2 is 2.00 bits per heavy atom. The molecule has 0 saturated heterocycles. The Bertz CT molecular complexity index is 829. The molecule has 120 valence electrons. The number of hydrogen-bond acceptors (Lipinski definition) is 4. The number of allylic oxidation sites excluding steroid dienone is 2. The molecule has 0 amide bonds. The van der Waals surface area contributed by atoms with Crippen LogP contribution in [-0.2, 0) is 16.1 Å². The Morgan fingerprint density at radius 1 is 1.22 bits per heavy atom. The van der Waals surface area contributed by atoms with Gasteiger partial charge in [0, 0.05) is 17.0 Å². The van der Waals surface area contributed by atoms with Crippen LogP contribution < -0.4 is 5.63 Å². The van der Waals surface area contributed by atoms with Gasteiger partial charge in [-0.2, -0.15) is 0 Å². The third-order valence-corrected chi connectivity index (χ3v) is 4.42. The Labute approximate surface area is 134 Å². The van der Waals surface area contributed by atoms with Crippen molar-refractivity contribution >= 4 is 16.9 Å². The molecule has 1 aromatic heterocycles. The number of rotatable bonds is 3. The van der Waals surface area contributed by atoms with E-state index in [0.717, 1.165) is 35.8 Å². The van der Waals surface area contributed by atoms with Gasteiger partial charge in [0.05, 0.1) is 5.92 Å². The van der Waals surface area contributed by atoms with E-state index in [1.165, 1.54) is 6.07 Å². The first-order chi connectivity index (χ1) is 11.0. The minimum absolute atomic E-state index is 0.0737. The summed E-state index contributed by atoms with van der Waals surface area (Å²) in [6.45, 7) is 4.08. The first-order valence-electron chi connectivity index (χ1n) is 7.90. The lowest BCUT2D eigenvalue weighted by Gasteiger charge is -2.16. The summed E-state index contributed by atoms with van der Waals surface area (Å²) in [6.07, 6.45) is 6.58. The zero-order valence-electron chi connectivity index (χ0n) is 13.4. The molecule has 1 unspecified atom stereocenters. The van der Waals surface area contributed by atoms with Crippen molar-refractivity contribution in [2.24, 2.45) is 5.92 Å². The molecule has 0 radical (unpaired) electrons. The van der Waals surface area contributed by atoms with Gasteiger partial charge >= 0.3 is 11.6 Å². The monoisotopic (exact) mass is 312 g/mol. The van der Waals surface area contributed by atoms with Crippen molar-refractivity contribution in [1.29, 1.82) is 0 Å². The average molecular weight is 312 g/mol. The predicted molar refractivity (Wildman–Crippen MR) is 88.2 cm³/mol. The van der Waals surface area contributed by atoms with Gasteiger partial charge in [0.2, 0.25) is 0 Å². The van der Waals surface area contributed by atoms with Crippen LogP contribution in [0.5, 0.6) is 0 Å². The Morgan fingerprint density at radius 3 is 2.74 bits per heavy atom. The van der Waals surface area contributed by atoms with Gasteiger partial charge in [-0.05, 0) is 56.4 Å². The maximum atomic E-state index is 12.2. The van der Waals surface area contributed by atoms with Gasteiger partial charge < -0.3 is 9.15 Å². The van der Waals surface area contributed by atoms with Crippen LogP contribution >= 0.6 is 0 Å². The van der Waals surface area contributed by atoms with E-state index in [-0.39, 0.29) is 18.5 Å². The maximum Gasteiger partial charge on any atom is 0.336 e. The van der Waals surface area contributed by atoms with Crippen molar-refractivity contribution in [3.8, 4) is 0 Å². The third kappa shape index (κ3) is 3.36. The van der Waals surface area contributed by atoms with Crippen molar-refractivity contribution in [1.82, 2.24) is 0 Å². The minimum atomic E-state index is -0.424. The summed E-state index contributed by atoms with van der Waals surface area (Å²) in [7, 11) is 0. The Balaban J connectivity index is 1.84. The van der Waals surface area contributed by atoms with Crippen LogP contribution in [0.1, 0.15) is 36.0 Å². The van der Waals surface area contributed by atoms with Gasteiger partial charge in [0.1, 0.15) is 12.2 Å². The molecule has 0 aliphatic heterocycles. The zero-order chi connectivity index (χ0) is 16.4. The van der Waals surface area contributed by atoms with Crippen LogP contribution in [0, 0.1) is 19.8 Å². The van der Waals surface area contributed by atoms with Gasteiger partial charge in [-0.25, -0.2) is 4.79 Å². The summed E-state index contributed by atoms with van der Waals surface area (Å²) < 4.78 is 10.7. The van der Waals surface area contributed by atoms with E-state index in [2.05, 4.69) is 6.08 Å². The Hall–Kier alpha value is -2.36. The number of hydrogen-bond donors (Lipinski definition) is 0. The second-order valence-electron chi connectivity index (χ2n) is 6.11. The molecular formula is C19H20O4. The molecule has 4 heteroatoms. The number of carbonyl (C=O) groups excluding carboxylic acids is 1. The summed E-state index contributed by atoms with van der Waals surface area (Å²) in [5, 5.41) is 0.823. The number of esters is 1. The molecule has 1 heterocycles. The first kappa shape index (κ1) is 15.5. The second kappa shape index (κ2) is 6.41. The van der Waals surface area contributed by atoms with E-state index in [1.54, 1.807) is 0 Å². The quantitative estimate of drug-likeness (QED) is 0.491. The number of ether oxygens (including phenoxy) is 1. The molecule has 2 aromatic rings. The highest BCUT2D eigenvalue weighted by molar-refractivity contribution is 5.82. The van der Waals surface area contributed by atoms with E-state index in [4.69, 9.17) is 9.15 Å². The van der Waals surface area contributed by atoms with Gasteiger partial charge in [-0.1, -0.05) is 12.2 Å². The molecular weight excluding hydrogens is 292 g/mol. The number of carbonyl (C=O) groups is 1. The standard InChI is InChI=1S/C19H20O4/c1-12-8-16-15(10-18(20)23-17(16)9-13(12)2)11-22-19(21)14-6-4-3-5-7-14/h3-4,8-10,14H,5-7,11H2,1-2H3. The maximum absolute atomic E-state index is 12.2. The minimum Gasteiger partial charge on any atom is -0.461 e. The summed E-state index contributed by atoms with van der Waals surface area (Å²) in [6, 6.07) is 5.23. The van der Waals surface area contributed by atoms with Gasteiger partial charge in [0.25, 0.3) is 0 Å². The molecule has 0 N–H and O–H groups in total. The molecule has 0 fully saturated rings. The van der Waals surface area contributed by atoms with Gasteiger partial charge in [0.15, 0.2) is 0 Å².